The van der Waals surface area contributed by atoms with Gasteiger partial charge >= 0.3 is 0 Å². The smallest absolute Gasteiger partial charge is 0.172 e. The molecule has 5 nitrogen and oxygen atoms in total. The molecule has 1 aromatic carbocycles. The van der Waals surface area contributed by atoms with E-state index < -0.39 is 0 Å². The fourth-order valence-electron chi connectivity index (χ4n) is 2.17. The third-order valence-electron chi connectivity index (χ3n) is 3.60. The molecule has 0 aliphatic rings. The summed E-state index contributed by atoms with van der Waals surface area (Å²) in [5.41, 5.74) is 2.04. The molecule has 0 fully saturated rings. The van der Waals surface area contributed by atoms with Gasteiger partial charge < -0.3 is 9.47 Å². The third-order valence-corrected chi connectivity index (χ3v) is 3.60. The molecule has 1 N–H and O–H groups in total. The van der Waals surface area contributed by atoms with Crippen LogP contribution in [0.15, 0.2) is 66.6 Å². The van der Waals surface area contributed by atoms with Gasteiger partial charge in [-0.25, -0.2) is 0 Å². The number of aromatic amines is 1. The largest absolute Gasteiger partial charge is 0.494 e. The number of unbranched alkanes of at least 4 members (excludes halogenated alkanes) is 1. The van der Waals surface area contributed by atoms with Crippen molar-refractivity contribution in [2.45, 2.75) is 26.7 Å². The Kier molecular flexibility index (Phi) is 7.26. The zero-order chi connectivity index (χ0) is 18.8. The summed E-state index contributed by atoms with van der Waals surface area (Å²) in [6.45, 7) is 8.31. The minimum Gasteiger partial charge on any atom is -0.494 e. The number of nitrogens with zero attached hydrogens (tertiary/aromatic N) is 2. The van der Waals surface area contributed by atoms with E-state index in [9.17, 15) is 0 Å². The van der Waals surface area contributed by atoms with Gasteiger partial charge in [0.15, 0.2) is 5.75 Å². The monoisotopic (exact) mass is 349 g/mol. The van der Waals surface area contributed by atoms with E-state index in [1.54, 1.807) is 18.3 Å². The van der Waals surface area contributed by atoms with Crippen molar-refractivity contribution < 1.29 is 9.47 Å². The molecular formula is C21H23N3O2. The topological polar surface area (TPSA) is 70.9 Å². The highest BCUT2D eigenvalue weighted by Gasteiger charge is 2.11. The lowest BCUT2D eigenvalue weighted by atomic mass is 10.1. The summed E-state index contributed by atoms with van der Waals surface area (Å²) >= 11 is 0. The Bertz CT molecular complexity index is 841. The molecular weight excluding hydrogens is 326 g/mol. The molecule has 0 spiro atoms. The van der Waals surface area contributed by atoms with Crippen molar-refractivity contribution in [2.75, 3.05) is 6.61 Å². The van der Waals surface area contributed by atoms with Gasteiger partial charge in [-0.05, 0) is 43.7 Å². The highest BCUT2D eigenvalue weighted by atomic mass is 16.5. The van der Waals surface area contributed by atoms with E-state index in [0.717, 1.165) is 29.8 Å². The molecule has 0 aliphatic heterocycles. The SMILES string of the molecule is C=C(C#N)/C=C\C(=C/C)Oc1cn[nH]c1-c1cccc(OCCCC)c1. The van der Waals surface area contributed by atoms with Crippen LogP contribution in [0.4, 0.5) is 0 Å². The Morgan fingerprint density at radius 1 is 1.38 bits per heavy atom. The van der Waals surface area contributed by atoms with Crippen molar-refractivity contribution in [3.05, 3.63) is 66.6 Å². The van der Waals surface area contributed by atoms with Crippen LogP contribution in [0.3, 0.4) is 0 Å². The van der Waals surface area contributed by atoms with E-state index in [-0.39, 0.29) is 0 Å². The summed E-state index contributed by atoms with van der Waals surface area (Å²) in [5, 5.41) is 15.8. The van der Waals surface area contributed by atoms with E-state index in [2.05, 4.69) is 23.7 Å². The van der Waals surface area contributed by atoms with Crippen LogP contribution in [0.25, 0.3) is 11.3 Å². The number of ether oxygens (including phenoxy) is 2. The summed E-state index contributed by atoms with van der Waals surface area (Å²) in [4.78, 5) is 0. The van der Waals surface area contributed by atoms with Crippen molar-refractivity contribution in [3.8, 4) is 28.8 Å². The number of nitrogens with one attached hydrogen (secondary N) is 1. The van der Waals surface area contributed by atoms with Crippen LogP contribution in [0, 0.1) is 11.3 Å². The lowest BCUT2D eigenvalue weighted by Gasteiger charge is -2.09. The molecule has 0 radical (unpaired) electrons. The van der Waals surface area contributed by atoms with Gasteiger partial charge in [0.1, 0.15) is 17.2 Å². The Balaban J connectivity index is 2.17. The van der Waals surface area contributed by atoms with E-state index in [0.29, 0.717) is 23.7 Å². The van der Waals surface area contributed by atoms with Crippen molar-refractivity contribution in [2.24, 2.45) is 0 Å². The zero-order valence-corrected chi connectivity index (χ0v) is 15.2. The summed E-state index contributed by atoms with van der Waals surface area (Å²) in [5.74, 6) is 2.00. The van der Waals surface area contributed by atoms with Crippen molar-refractivity contribution in [1.29, 1.82) is 5.26 Å². The van der Waals surface area contributed by atoms with E-state index in [4.69, 9.17) is 14.7 Å². The molecule has 26 heavy (non-hydrogen) atoms. The Labute approximate surface area is 154 Å². The fraction of sp³-hybridized carbons (Fsp3) is 0.238. The molecule has 0 amide bonds. The molecule has 2 aromatic rings. The molecule has 5 heteroatoms. The van der Waals surface area contributed by atoms with Crippen LogP contribution < -0.4 is 9.47 Å². The van der Waals surface area contributed by atoms with E-state index >= 15 is 0 Å². The number of aromatic nitrogens is 2. The number of rotatable bonds is 9. The van der Waals surface area contributed by atoms with Gasteiger partial charge in [0, 0.05) is 11.1 Å². The molecule has 0 unspecified atom stereocenters. The number of nitriles is 1. The minimum atomic E-state index is 0.359. The summed E-state index contributed by atoms with van der Waals surface area (Å²) in [6.07, 6.45) is 8.85. The van der Waals surface area contributed by atoms with Crippen LogP contribution in [-0.4, -0.2) is 16.8 Å². The lowest BCUT2D eigenvalue weighted by Crippen LogP contribution is -1.97. The molecule has 0 saturated heterocycles. The molecule has 0 aliphatic carbocycles. The van der Waals surface area contributed by atoms with Crippen molar-refractivity contribution >= 4 is 0 Å². The van der Waals surface area contributed by atoms with Crippen LogP contribution in [0.1, 0.15) is 26.7 Å². The Morgan fingerprint density at radius 3 is 2.96 bits per heavy atom. The second-order valence-electron chi connectivity index (χ2n) is 5.60. The molecule has 2 rings (SSSR count). The van der Waals surface area contributed by atoms with Gasteiger partial charge in [0.05, 0.1) is 18.9 Å². The predicted octanol–water partition coefficient (Wildman–Crippen LogP) is 5.17. The van der Waals surface area contributed by atoms with Gasteiger partial charge in [-0.2, -0.15) is 10.4 Å². The molecule has 1 heterocycles. The average Bonchev–Trinajstić information content (AvgIpc) is 3.13. The van der Waals surface area contributed by atoms with Gasteiger partial charge in [0.25, 0.3) is 0 Å². The van der Waals surface area contributed by atoms with Crippen LogP contribution in [0.2, 0.25) is 0 Å². The highest BCUT2D eigenvalue weighted by Crippen LogP contribution is 2.31. The maximum absolute atomic E-state index is 8.79. The second kappa shape index (κ2) is 9.90. The number of H-pyrrole nitrogens is 1. The zero-order valence-electron chi connectivity index (χ0n) is 15.2. The minimum absolute atomic E-state index is 0.359. The first-order valence-electron chi connectivity index (χ1n) is 8.55. The van der Waals surface area contributed by atoms with Gasteiger partial charge in [0.2, 0.25) is 0 Å². The van der Waals surface area contributed by atoms with E-state index in [1.807, 2.05) is 43.3 Å². The molecule has 0 atom stereocenters. The van der Waals surface area contributed by atoms with Crippen molar-refractivity contribution in [1.82, 2.24) is 10.2 Å². The summed E-state index contributed by atoms with van der Waals surface area (Å²) in [7, 11) is 0. The average molecular weight is 349 g/mol. The Morgan fingerprint density at radius 2 is 2.23 bits per heavy atom. The number of benzene rings is 1. The number of allylic oxidation sites excluding steroid dienone is 4. The second-order valence-corrected chi connectivity index (χ2v) is 5.60. The third kappa shape index (κ3) is 5.38. The normalized spacial score (nSPS) is 11.3. The first-order chi connectivity index (χ1) is 12.7. The van der Waals surface area contributed by atoms with Crippen LogP contribution in [0.5, 0.6) is 11.5 Å². The number of hydrogen-bond acceptors (Lipinski definition) is 4. The Hall–Kier alpha value is -3.26. The van der Waals surface area contributed by atoms with Crippen LogP contribution >= 0.6 is 0 Å². The standard InChI is InChI=1S/C21H23N3O2/c1-4-6-12-25-19-9-7-8-17(13-19)21-20(15-23-24-21)26-18(5-2)11-10-16(3)14-22/h5,7-11,13,15H,3-4,6,12H2,1-2H3,(H,23,24)/b11-10-,18-5+. The van der Waals surface area contributed by atoms with E-state index in [1.165, 1.54) is 0 Å². The number of hydrogen-bond donors (Lipinski definition) is 1. The summed E-state index contributed by atoms with van der Waals surface area (Å²) in [6, 6.07) is 9.77. The molecule has 0 saturated carbocycles. The molecule has 0 bridgehead atoms. The lowest BCUT2D eigenvalue weighted by molar-refractivity contribution is 0.309. The van der Waals surface area contributed by atoms with Gasteiger partial charge in [-0.15, -0.1) is 0 Å². The summed E-state index contributed by atoms with van der Waals surface area (Å²) < 4.78 is 11.7. The van der Waals surface area contributed by atoms with Gasteiger partial charge in [-0.1, -0.05) is 32.1 Å². The first kappa shape index (κ1) is 19.1. The maximum atomic E-state index is 8.79. The molecule has 1 aromatic heterocycles. The molecule has 134 valence electrons. The predicted molar refractivity (Wildman–Crippen MR) is 103 cm³/mol. The first-order valence-corrected chi connectivity index (χ1v) is 8.55. The van der Waals surface area contributed by atoms with Crippen LogP contribution in [-0.2, 0) is 0 Å². The fourth-order valence-corrected chi connectivity index (χ4v) is 2.17. The van der Waals surface area contributed by atoms with Gasteiger partial charge in [-0.3, -0.25) is 5.10 Å². The quantitative estimate of drug-likeness (QED) is 0.293. The highest BCUT2D eigenvalue weighted by molar-refractivity contribution is 5.67. The van der Waals surface area contributed by atoms with Crippen molar-refractivity contribution in [3.63, 3.8) is 0 Å². The maximum Gasteiger partial charge on any atom is 0.172 e.